The topological polar surface area (TPSA) is 71.4 Å². The molecular formula is C22H26N2O4. The molecule has 1 aliphatic heterocycles. The molecule has 2 aromatic carbocycles. The first kappa shape index (κ1) is 19.9. The van der Waals surface area contributed by atoms with Gasteiger partial charge in [-0.05, 0) is 48.7 Å². The van der Waals surface area contributed by atoms with E-state index in [4.69, 9.17) is 9.57 Å². The van der Waals surface area contributed by atoms with Crippen LogP contribution in [0.4, 0.5) is 0 Å². The van der Waals surface area contributed by atoms with Gasteiger partial charge in [-0.25, -0.2) is 0 Å². The number of rotatable bonds is 5. The fourth-order valence-corrected chi connectivity index (χ4v) is 3.62. The van der Waals surface area contributed by atoms with Crippen molar-refractivity contribution in [3.8, 4) is 16.9 Å². The van der Waals surface area contributed by atoms with Gasteiger partial charge in [0.05, 0.1) is 32.0 Å². The van der Waals surface area contributed by atoms with Crippen molar-refractivity contribution >= 4 is 11.6 Å². The van der Waals surface area contributed by atoms with Gasteiger partial charge in [0, 0.05) is 17.5 Å². The Bertz CT molecular complexity index is 907. The Balaban J connectivity index is 1.95. The zero-order valence-corrected chi connectivity index (χ0v) is 16.7. The molecule has 28 heavy (non-hydrogen) atoms. The zero-order chi connectivity index (χ0) is 20.3. The van der Waals surface area contributed by atoms with Crippen molar-refractivity contribution in [3.05, 3.63) is 53.1 Å². The van der Waals surface area contributed by atoms with Gasteiger partial charge in [0.1, 0.15) is 12.9 Å². The van der Waals surface area contributed by atoms with Gasteiger partial charge in [-0.2, -0.15) is 0 Å². The highest BCUT2D eigenvalue weighted by atomic mass is 16.6. The van der Waals surface area contributed by atoms with E-state index >= 15 is 0 Å². The van der Waals surface area contributed by atoms with Crippen LogP contribution in [0.25, 0.3) is 11.1 Å². The maximum absolute atomic E-state index is 13.1. The number of likely N-dealkylation sites (tertiary alicyclic amines) is 1. The second-order valence-electron chi connectivity index (χ2n) is 6.98. The summed E-state index contributed by atoms with van der Waals surface area (Å²) in [6.07, 6.45) is 0.508. The van der Waals surface area contributed by atoms with Gasteiger partial charge in [-0.15, -0.1) is 0 Å². The first-order valence-electron chi connectivity index (χ1n) is 9.25. The number of carbonyl (C=O) groups is 1. The lowest BCUT2D eigenvalue weighted by atomic mass is 9.95. The van der Waals surface area contributed by atoms with Crippen molar-refractivity contribution in [2.75, 3.05) is 27.4 Å². The van der Waals surface area contributed by atoms with Crippen molar-refractivity contribution < 1.29 is 19.5 Å². The molecule has 0 aromatic heterocycles. The maximum atomic E-state index is 13.1. The maximum Gasteiger partial charge on any atom is 0.254 e. The fraction of sp³-hybridized carbons (Fsp3) is 0.364. The Hall–Kier alpha value is -2.86. The normalized spacial score (nSPS) is 17.8. The summed E-state index contributed by atoms with van der Waals surface area (Å²) in [5.41, 5.74) is 5.67. The van der Waals surface area contributed by atoms with Crippen LogP contribution in [0, 0.1) is 13.8 Å². The number of amides is 1. The number of oxime groups is 1. The number of nitrogens with zero attached hydrogens (tertiary/aromatic N) is 2. The number of carbonyl (C=O) groups excluding carboxylic acids is 1. The second kappa shape index (κ2) is 8.44. The molecule has 0 bridgehead atoms. The van der Waals surface area contributed by atoms with Crippen molar-refractivity contribution in [2.45, 2.75) is 26.3 Å². The molecule has 6 heteroatoms. The largest absolute Gasteiger partial charge is 0.496 e. The van der Waals surface area contributed by atoms with Crippen molar-refractivity contribution in [3.63, 3.8) is 0 Å². The molecule has 1 heterocycles. The summed E-state index contributed by atoms with van der Waals surface area (Å²) < 4.78 is 5.60. The Morgan fingerprint density at radius 3 is 2.68 bits per heavy atom. The molecule has 1 saturated heterocycles. The number of hydrogen-bond acceptors (Lipinski definition) is 5. The summed E-state index contributed by atoms with van der Waals surface area (Å²) in [5, 5.41) is 13.6. The quantitative estimate of drug-likeness (QED) is 0.806. The minimum atomic E-state index is -0.300. The van der Waals surface area contributed by atoms with Gasteiger partial charge in [0.25, 0.3) is 5.91 Å². The third-order valence-corrected chi connectivity index (χ3v) is 5.30. The van der Waals surface area contributed by atoms with Gasteiger partial charge in [0.2, 0.25) is 0 Å². The highest BCUT2D eigenvalue weighted by Crippen LogP contribution is 2.34. The van der Waals surface area contributed by atoms with Crippen molar-refractivity contribution in [2.24, 2.45) is 5.16 Å². The standard InChI is InChI=1S/C22H26N2O4/c1-14-6-5-7-19(15(14)2)20-9-8-16(10-21(20)27-3)22(26)24-12-17(23-28-4)11-18(24)13-25/h5-10,18,25H,11-13H2,1-4H3/b23-17-. The first-order valence-corrected chi connectivity index (χ1v) is 9.25. The molecule has 0 aliphatic carbocycles. The van der Waals surface area contributed by atoms with Crippen LogP contribution in [0.3, 0.4) is 0 Å². The average Bonchev–Trinajstić information content (AvgIpc) is 3.12. The summed E-state index contributed by atoms with van der Waals surface area (Å²) in [6.45, 7) is 4.38. The minimum absolute atomic E-state index is 0.119. The molecule has 1 N–H and O–H groups in total. The van der Waals surface area contributed by atoms with E-state index in [1.807, 2.05) is 18.2 Å². The van der Waals surface area contributed by atoms with Gasteiger partial charge in [-0.3, -0.25) is 4.79 Å². The van der Waals surface area contributed by atoms with Crippen LogP contribution < -0.4 is 4.74 Å². The third-order valence-electron chi connectivity index (χ3n) is 5.30. The summed E-state index contributed by atoms with van der Waals surface area (Å²) in [5.74, 6) is 0.483. The predicted molar refractivity (Wildman–Crippen MR) is 109 cm³/mol. The van der Waals surface area contributed by atoms with E-state index in [9.17, 15) is 9.90 Å². The lowest BCUT2D eigenvalue weighted by molar-refractivity contribution is 0.0680. The predicted octanol–water partition coefficient (Wildman–Crippen LogP) is 3.19. The molecule has 1 unspecified atom stereocenters. The molecule has 148 valence electrons. The summed E-state index contributed by atoms with van der Waals surface area (Å²) in [6, 6.07) is 11.3. The highest BCUT2D eigenvalue weighted by molar-refractivity contribution is 6.01. The average molecular weight is 382 g/mol. The van der Waals surface area contributed by atoms with Crippen LogP contribution in [0.1, 0.15) is 27.9 Å². The molecule has 2 aromatic rings. The molecule has 6 nitrogen and oxygen atoms in total. The number of hydrogen-bond donors (Lipinski definition) is 1. The zero-order valence-electron chi connectivity index (χ0n) is 16.7. The number of benzene rings is 2. The van der Waals surface area contributed by atoms with Crippen molar-refractivity contribution in [1.29, 1.82) is 0 Å². The number of methoxy groups -OCH3 is 1. The lowest BCUT2D eigenvalue weighted by Crippen LogP contribution is -2.37. The Kier molecular flexibility index (Phi) is 5.99. The molecule has 0 spiro atoms. The van der Waals surface area contributed by atoms with Crippen LogP contribution in [0.2, 0.25) is 0 Å². The van der Waals surface area contributed by atoms with Gasteiger partial charge in [0.15, 0.2) is 0 Å². The molecule has 0 saturated carbocycles. The molecule has 1 atom stereocenters. The van der Waals surface area contributed by atoms with E-state index in [0.717, 1.165) is 16.8 Å². The SMILES string of the molecule is CO/N=C1/CC(CO)N(C(=O)c2ccc(-c3cccc(C)c3C)c(OC)c2)C1. The molecule has 1 amide bonds. The summed E-state index contributed by atoms with van der Waals surface area (Å²) in [7, 11) is 3.08. The number of aryl methyl sites for hydroxylation is 1. The molecular weight excluding hydrogens is 356 g/mol. The van der Waals surface area contributed by atoms with Crippen LogP contribution in [-0.2, 0) is 4.84 Å². The van der Waals surface area contributed by atoms with Crippen LogP contribution in [-0.4, -0.2) is 55.0 Å². The molecule has 0 radical (unpaired) electrons. The van der Waals surface area contributed by atoms with E-state index in [1.165, 1.54) is 18.2 Å². The van der Waals surface area contributed by atoms with E-state index < -0.39 is 0 Å². The van der Waals surface area contributed by atoms with E-state index in [1.54, 1.807) is 18.1 Å². The molecule has 1 fully saturated rings. The fourth-order valence-electron chi connectivity index (χ4n) is 3.62. The number of aliphatic hydroxyl groups excluding tert-OH is 1. The van der Waals surface area contributed by atoms with Crippen LogP contribution in [0.15, 0.2) is 41.6 Å². The smallest absolute Gasteiger partial charge is 0.254 e. The number of aliphatic hydroxyl groups is 1. The van der Waals surface area contributed by atoms with Gasteiger partial charge < -0.3 is 19.6 Å². The Morgan fingerprint density at radius 1 is 1.21 bits per heavy atom. The Morgan fingerprint density at radius 2 is 2.00 bits per heavy atom. The van der Waals surface area contributed by atoms with Gasteiger partial charge in [-0.1, -0.05) is 23.4 Å². The van der Waals surface area contributed by atoms with Crippen LogP contribution >= 0.6 is 0 Å². The minimum Gasteiger partial charge on any atom is -0.496 e. The van der Waals surface area contributed by atoms with Crippen molar-refractivity contribution in [1.82, 2.24) is 4.90 Å². The molecule has 1 aliphatic rings. The number of ether oxygens (including phenoxy) is 1. The highest BCUT2D eigenvalue weighted by Gasteiger charge is 2.33. The monoisotopic (exact) mass is 382 g/mol. The summed E-state index contributed by atoms with van der Waals surface area (Å²) >= 11 is 0. The summed E-state index contributed by atoms with van der Waals surface area (Å²) in [4.78, 5) is 19.5. The second-order valence-corrected chi connectivity index (χ2v) is 6.98. The van der Waals surface area contributed by atoms with Crippen LogP contribution in [0.5, 0.6) is 5.75 Å². The van der Waals surface area contributed by atoms with Gasteiger partial charge >= 0.3 is 0 Å². The van der Waals surface area contributed by atoms with E-state index in [2.05, 4.69) is 31.1 Å². The Labute approximate surface area is 165 Å². The van der Waals surface area contributed by atoms with E-state index in [-0.39, 0.29) is 18.6 Å². The third kappa shape index (κ3) is 3.73. The lowest BCUT2D eigenvalue weighted by Gasteiger charge is -2.23. The first-order chi connectivity index (χ1) is 13.5. The molecule has 3 rings (SSSR count). The van der Waals surface area contributed by atoms with E-state index in [0.29, 0.717) is 24.3 Å².